The first-order chi connectivity index (χ1) is 14.3. The Hall–Kier alpha value is -1.33. The molecule has 0 aliphatic heterocycles. The second-order valence-corrected chi connectivity index (χ2v) is 7.71. The van der Waals surface area contributed by atoms with Crippen molar-refractivity contribution < 1.29 is 46.4 Å². The SMILES string of the molecule is C=CC(=O)OC(C)C(=O)O.CCCCCCCCCCCCCCCCCC(=O)O.[Cu]. The number of aliphatic carboxylic acids is 2. The number of hydrogen-bond donors (Lipinski definition) is 2. The van der Waals surface area contributed by atoms with E-state index in [4.69, 9.17) is 10.2 Å². The number of carbonyl (C=O) groups is 3. The van der Waals surface area contributed by atoms with E-state index < -0.39 is 24.0 Å². The zero-order valence-electron chi connectivity index (χ0n) is 19.5. The summed E-state index contributed by atoms with van der Waals surface area (Å²) in [6.07, 6.45) is 20.0. The van der Waals surface area contributed by atoms with E-state index in [1.165, 1.54) is 90.4 Å². The molecule has 0 amide bonds. The minimum Gasteiger partial charge on any atom is -0.481 e. The Bertz CT molecular complexity index is 453. The first kappa shape index (κ1) is 34.3. The van der Waals surface area contributed by atoms with Gasteiger partial charge in [-0.25, -0.2) is 9.59 Å². The van der Waals surface area contributed by atoms with Crippen molar-refractivity contribution in [3.63, 3.8) is 0 Å². The molecule has 0 saturated heterocycles. The maximum absolute atomic E-state index is 10.3. The van der Waals surface area contributed by atoms with Crippen LogP contribution in [-0.2, 0) is 36.2 Å². The summed E-state index contributed by atoms with van der Waals surface area (Å²) in [5, 5.41) is 16.7. The van der Waals surface area contributed by atoms with Gasteiger partial charge < -0.3 is 14.9 Å². The van der Waals surface area contributed by atoms with Crippen LogP contribution >= 0.6 is 0 Å². The summed E-state index contributed by atoms with van der Waals surface area (Å²) in [6, 6.07) is 0. The maximum Gasteiger partial charge on any atom is 0.344 e. The molecule has 187 valence electrons. The van der Waals surface area contributed by atoms with Crippen LogP contribution < -0.4 is 0 Å². The molecular formula is C24H44CuO6. The van der Waals surface area contributed by atoms with E-state index in [0.717, 1.165) is 18.9 Å². The molecule has 2 N–H and O–H groups in total. The van der Waals surface area contributed by atoms with Crippen molar-refractivity contribution in [2.45, 2.75) is 123 Å². The van der Waals surface area contributed by atoms with Gasteiger partial charge in [0.2, 0.25) is 0 Å². The van der Waals surface area contributed by atoms with Crippen LogP contribution in [0, 0.1) is 0 Å². The third-order valence-corrected chi connectivity index (χ3v) is 4.80. The van der Waals surface area contributed by atoms with E-state index in [2.05, 4.69) is 18.2 Å². The van der Waals surface area contributed by atoms with Crippen molar-refractivity contribution in [2.24, 2.45) is 0 Å². The zero-order valence-corrected chi connectivity index (χ0v) is 20.4. The van der Waals surface area contributed by atoms with Gasteiger partial charge >= 0.3 is 17.9 Å². The van der Waals surface area contributed by atoms with Crippen molar-refractivity contribution >= 4 is 17.9 Å². The molecule has 0 aliphatic rings. The van der Waals surface area contributed by atoms with Gasteiger partial charge in [0.25, 0.3) is 0 Å². The molecule has 7 heteroatoms. The van der Waals surface area contributed by atoms with Crippen LogP contribution in [0.1, 0.15) is 117 Å². The van der Waals surface area contributed by atoms with Gasteiger partial charge in [-0.3, -0.25) is 4.79 Å². The van der Waals surface area contributed by atoms with Gasteiger partial charge in [-0.05, 0) is 13.3 Å². The molecule has 0 saturated carbocycles. The van der Waals surface area contributed by atoms with Gasteiger partial charge in [-0.15, -0.1) is 0 Å². The quantitative estimate of drug-likeness (QED) is 0.0922. The Labute approximate surface area is 199 Å². The van der Waals surface area contributed by atoms with Crippen molar-refractivity contribution in [3.05, 3.63) is 12.7 Å². The molecule has 0 aromatic carbocycles. The molecule has 1 radical (unpaired) electrons. The summed E-state index contributed by atoms with van der Waals surface area (Å²) in [6.45, 7) is 6.64. The molecule has 31 heavy (non-hydrogen) atoms. The predicted molar refractivity (Wildman–Crippen MR) is 121 cm³/mol. The Balaban J connectivity index is -0.000000604. The third-order valence-electron chi connectivity index (χ3n) is 4.80. The number of hydrogen-bond acceptors (Lipinski definition) is 4. The zero-order chi connectivity index (χ0) is 23.0. The third kappa shape index (κ3) is 30.9. The molecule has 0 heterocycles. The molecule has 0 spiro atoms. The summed E-state index contributed by atoms with van der Waals surface area (Å²) in [5.41, 5.74) is 0. The van der Waals surface area contributed by atoms with Crippen LogP contribution in [0.2, 0.25) is 0 Å². The van der Waals surface area contributed by atoms with E-state index in [1.54, 1.807) is 0 Å². The van der Waals surface area contributed by atoms with E-state index in [9.17, 15) is 14.4 Å². The van der Waals surface area contributed by atoms with E-state index in [1.807, 2.05) is 0 Å². The van der Waals surface area contributed by atoms with Crippen molar-refractivity contribution in [2.75, 3.05) is 0 Å². The van der Waals surface area contributed by atoms with Gasteiger partial charge in [0.1, 0.15) is 0 Å². The van der Waals surface area contributed by atoms with Gasteiger partial charge in [0, 0.05) is 29.6 Å². The summed E-state index contributed by atoms with van der Waals surface area (Å²) < 4.78 is 4.30. The van der Waals surface area contributed by atoms with Crippen molar-refractivity contribution in [1.82, 2.24) is 0 Å². The molecule has 1 unspecified atom stereocenters. The number of carbonyl (C=O) groups excluding carboxylic acids is 1. The van der Waals surface area contributed by atoms with Gasteiger partial charge in [0.05, 0.1) is 0 Å². The van der Waals surface area contributed by atoms with Crippen molar-refractivity contribution in [1.29, 1.82) is 0 Å². The minimum atomic E-state index is -1.17. The largest absolute Gasteiger partial charge is 0.481 e. The minimum absolute atomic E-state index is 0. The second kappa shape index (κ2) is 26.7. The Morgan fingerprint density at radius 3 is 1.42 bits per heavy atom. The van der Waals surface area contributed by atoms with E-state index in [0.29, 0.717) is 6.42 Å². The first-order valence-corrected chi connectivity index (χ1v) is 11.6. The molecule has 0 bridgehead atoms. The first-order valence-electron chi connectivity index (χ1n) is 11.6. The fourth-order valence-electron chi connectivity index (χ4n) is 2.92. The molecule has 0 aromatic rings. The molecule has 0 fully saturated rings. The van der Waals surface area contributed by atoms with E-state index >= 15 is 0 Å². The summed E-state index contributed by atoms with van der Waals surface area (Å²) in [5.74, 6) is -2.55. The summed E-state index contributed by atoms with van der Waals surface area (Å²) in [4.78, 5) is 30.7. The Morgan fingerprint density at radius 2 is 1.13 bits per heavy atom. The molecule has 0 rings (SSSR count). The number of carboxylic acids is 2. The van der Waals surface area contributed by atoms with Crippen LogP contribution in [0.25, 0.3) is 0 Å². The fraction of sp³-hybridized carbons (Fsp3) is 0.792. The second-order valence-electron chi connectivity index (χ2n) is 7.71. The van der Waals surface area contributed by atoms with Crippen molar-refractivity contribution in [3.8, 4) is 0 Å². The topological polar surface area (TPSA) is 101 Å². The molecule has 0 aliphatic carbocycles. The number of carboxylic acid groups (broad SMARTS) is 2. The average Bonchev–Trinajstić information content (AvgIpc) is 2.70. The average molecular weight is 492 g/mol. The fourth-order valence-corrected chi connectivity index (χ4v) is 2.92. The van der Waals surface area contributed by atoms with Gasteiger partial charge in [-0.1, -0.05) is 103 Å². The van der Waals surface area contributed by atoms with Crippen LogP contribution in [0.3, 0.4) is 0 Å². The molecule has 1 atom stereocenters. The molecule has 6 nitrogen and oxygen atoms in total. The summed E-state index contributed by atoms with van der Waals surface area (Å²) >= 11 is 0. The summed E-state index contributed by atoms with van der Waals surface area (Å²) in [7, 11) is 0. The number of rotatable bonds is 19. The Kier molecular flexibility index (Phi) is 29.5. The molecular weight excluding hydrogens is 448 g/mol. The van der Waals surface area contributed by atoms with Crippen LogP contribution in [0.5, 0.6) is 0 Å². The van der Waals surface area contributed by atoms with Crippen LogP contribution in [0.15, 0.2) is 12.7 Å². The predicted octanol–water partition coefficient (Wildman–Crippen LogP) is 6.52. The number of unbranched alkanes of at least 4 members (excludes halogenated alkanes) is 14. The van der Waals surface area contributed by atoms with Gasteiger partial charge in [-0.2, -0.15) is 0 Å². The number of esters is 1. The molecule has 0 aromatic heterocycles. The van der Waals surface area contributed by atoms with E-state index in [-0.39, 0.29) is 17.1 Å². The Morgan fingerprint density at radius 1 is 0.774 bits per heavy atom. The van der Waals surface area contributed by atoms with Crippen LogP contribution in [0.4, 0.5) is 0 Å². The normalized spacial score (nSPS) is 10.8. The van der Waals surface area contributed by atoms with Crippen LogP contribution in [-0.4, -0.2) is 34.2 Å². The monoisotopic (exact) mass is 491 g/mol. The standard InChI is InChI=1S/C18H36O2.C6H8O4.Cu/c1-2-3-4-5-6-7-8-9-10-11-12-13-14-15-16-17-18(19)20;1-3-5(7)10-4(2)6(8)9;/h2-17H2,1H3,(H,19,20);3-4H,1H2,2H3,(H,8,9);. The smallest absolute Gasteiger partial charge is 0.344 e. The number of ether oxygens (including phenoxy) is 1. The van der Waals surface area contributed by atoms with Gasteiger partial charge in [0.15, 0.2) is 6.10 Å². The maximum atomic E-state index is 10.3.